The summed E-state index contributed by atoms with van der Waals surface area (Å²) >= 11 is 0. The van der Waals surface area contributed by atoms with Crippen LogP contribution in [0, 0.1) is 0 Å². The van der Waals surface area contributed by atoms with Crippen molar-refractivity contribution in [2.24, 2.45) is 0 Å². The lowest BCUT2D eigenvalue weighted by atomic mass is 10.0. The fraction of sp³-hybridized carbons (Fsp3) is 0.917. The quantitative estimate of drug-likeness (QED) is 0.0320. The van der Waals surface area contributed by atoms with Crippen LogP contribution in [0.4, 0.5) is 0 Å². The van der Waals surface area contributed by atoms with Crippen LogP contribution >= 0.6 is 0 Å². The highest BCUT2D eigenvalue weighted by Crippen LogP contribution is 2.19. The predicted molar refractivity (Wildman–Crippen MR) is 343 cm³/mol. The molecule has 0 aromatic carbocycles. The molecule has 0 saturated carbocycles. The van der Waals surface area contributed by atoms with Crippen LogP contribution in [0.2, 0.25) is 0 Å². The zero-order valence-electron chi connectivity index (χ0n) is 52.9. The highest BCUT2D eigenvalue weighted by molar-refractivity contribution is 5.76. The Morgan fingerprint density at radius 3 is 0.949 bits per heavy atom. The number of rotatable bonds is 67. The second kappa shape index (κ2) is 67.8. The maximum Gasteiger partial charge on any atom is 0.305 e. The van der Waals surface area contributed by atoms with Gasteiger partial charge in [0, 0.05) is 12.8 Å². The average molecular weight is 1100 g/mol. The van der Waals surface area contributed by atoms with Crippen LogP contribution in [0.25, 0.3) is 0 Å². The third-order valence-electron chi connectivity index (χ3n) is 16.7. The molecule has 0 aromatic rings. The van der Waals surface area contributed by atoms with Gasteiger partial charge in [-0.3, -0.25) is 9.59 Å². The Bertz CT molecular complexity index is 1220. The number of aliphatic hydroxyl groups is 2. The average Bonchev–Trinajstić information content (AvgIpc) is 3.44. The van der Waals surface area contributed by atoms with E-state index in [0.717, 1.165) is 44.9 Å². The number of carbonyl (C=O) groups excluding carboxylic acids is 2. The standard InChI is InChI=1S/C72H139NO5/c1-3-5-7-9-11-13-15-16-17-18-19-32-35-38-41-45-48-52-56-60-64-70(75)69(68-74)73-71(76)65-61-57-53-49-46-42-39-36-33-30-28-26-24-22-20-21-23-25-27-29-31-34-37-40-43-47-51-55-59-63-67-78-72(77)66-62-58-54-50-44-14-12-10-8-6-4-2/h10,12,60,64,69-70,74-75H,3-9,11,13-59,61-63,65-68H2,1-2H3,(H,73,76)/b12-10-,64-60+. The summed E-state index contributed by atoms with van der Waals surface area (Å²) < 4.78 is 5.47. The first-order chi connectivity index (χ1) is 38.5. The third kappa shape index (κ3) is 63.5. The summed E-state index contributed by atoms with van der Waals surface area (Å²) in [7, 11) is 0. The number of allylic oxidation sites excluding steroid dienone is 3. The Balaban J connectivity index is 3.36. The van der Waals surface area contributed by atoms with Crippen molar-refractivity contribution in [3.63, 3.8) is 0 Å². The molecule has 0 radical (unpaired) electrons. The molecule has 0 heterocycles. The molecule has 0 aliphatic rings. The minimum absolute atomic E-state index is 0.00919. The van der Waals surface area contributed by atoms with Crippen LogP contribution in [-0.4, -0.2) is 47.4 Å². The Kier molecular flexibility index (Phi) is 66.4. The molecule has 2 unspecified atom stereocenters. The second-order valence-corrected chi connectivity index (χ2v) is 24.6. The van der Waals surface area contributed by atoms with Gasteiger partial charge in [0.05, 0.1) is 25.4 Å². The minimum Gasteiger partial charge on any atom is -0.466 e. The van der Waals surface area contributed by atoms with E-state index in [1.165, 1.54) is 327 Å². The van der Waals surface area contributed by atoms with Crippen molar-refractivity contribution in [2.75, 3.05) is 13.2 Å². The van der Waals surface area contributed by atoms with Crippen LogP contribution in [-0.2, 0) is 14.3 Å². The molecule has 3 N–H and O–H groups in total. The lowest BCUT2D eigenvalue weighted by Gasteiger charge is -2.20. The number of aliphatic hydroxyl groups excluding tert-OH is 2. The summed E-state index contributed by atoms with van der Waals surface area (Å²) in [5.41, 5.74) is 0. The van der Waals surface area contributed by atoms with Gasteiger partial charge in [-0.2, -0.15) is 0 Å². The molecular weight excluding hydrogens is 959 g/mol. The largest absolute Gasteiger partial charge is 0.466 e. The number of amides is 1. The summed E-state index contributed by atoms with van der Waals surface area (Å²) in [6, 6.07) is -0.625. The van der Waals surface area contributed by atoms with Crippen molar-refractivity contribution >= 4 is 11.9 Å². The molecule has 6 heteroatoms. The van der Waals surface area contributed by atoms with Crippen LogP contribution in [0.1, 0.15) is 399 Å². The zero-order chi connectivity index (χ0) is 56.4. The van der Waals surface area contributed by atoms with Crippen LogP contribution < -0.4 is 5.32 Å². The maximum atomic E-state index is 12.5. The smallest absolute Gasteiger partial charge is 0.305 e. The lowest BCUT2D eigenvalue weighted by molar-refractivity contribution is -0.143. The first-order valence-corrected chi connectivity index (χ1v) is 35.6. The van der Waals surface area contributed by atoms with Crippen molar-refractivity contribution in [3.8, 4) is 0 Å². The van der Waals surface area contributed by atoms with Gasteiger partial charge in [0.2, 0.25) is 5.91 Å². The fourth-order valence-corrected chi connectivity index (χ4v) is 11.3. The molecule has 0 bridgehead atoms. The molecule has 0 aliphatic carbocycles. The van der Waals surface area contributed by atoms with E-state index in [1.54, 1.807) is 6.08 Å². The van der Waals surface area contributed by atoms with Crippen molar-refractivity contribution in [1.82, 2.24) is 5.32 Å². The number of hydrogen-bond acceptors (Lipinski definition) is 5. The van der Waals surface area contributed by atoms with E-state index in [4.69, 9.17) is 4.74 Å². The SMILES string of the molecule is CCCC/C=C\CCCCCCCC(=O)OCCCCCCCCCCCCCCCCCCCCCCCCCCCCCCCCC(=O)NC(CO)C(O)/C=C/CCCCCCCCCCCCCCCCCCCC. The van der Waals surface area contributed by atoms with Crippen molar-refractivity contribution < 1.29 is 24.5 Å². The zero-order valence-corrected chi connectivity index (χ0v) is 52.9. The lowest BCUT2D eigenvalue weighted by Crippen LogP contribution is -2.45. The number of nitrogens with one attached hydrogen (secondary N) is 1. The van der Waals surface area contributed by atoms with Gasteiger partial charge in [0.25, 0.3) is 0 Å². The molecule has 0 spiro atoms. The first kappa shape index (κ1) is 76.3. The number of esters is 1. The van der Waals surface area contributed by atoms with Crippen LogP contribution in [0.5, 0.6) is 0 Å². The Hall–Kier alpha value is -1.66. The molecule has 0 rings (SSSR count). The maximum absolute atomic E-state index is 12.5. The molecule has 2 atom stereocenters. The van der Waals surface area contributed by atoms with E-state index in [0.29, 0.717) is 19.4 Å². The summed E-state index contributed by atoms with van der Waals surface area (Å²) in [6.45, 7) is 4.90. The van der Waals surface area contributed by atoms with Gasteiger partial charge in [-0.15, -0.1) is 0 Å². The highest BCUT2D eigenvalue weighted by Gasteiger charge is 2.18. The second-order valence-electron chi connectivity index (χ2n) is 24.6. The van der Waals surface area contributed by atoms with E-state index in [-0.39, 0.29) is 18.5 Å². The van der Waals surface area contributed by atoms with Gasteiger partial charge in [-0.05, 0) is 51.4 Å². The Labute approximate surface area is 488 Å². The van der Waals surface area contributed by atoms with Gasteiger partial charge >= 0.3 is 5.97 Å². The highest BCUT2D eigenvalue weighted by atomic mass is 16.5. The Morgan fingerprint density at radius 2 is 0.615 bits per heavy atom. The molecule has 0 aromatic heterocycles. The summed E-state index contributed by atoms with van der Waals surface area (Å²) in [4.78, 5) is 24.5. The monoisotopic (exact) mass is 1100 g/mol. The fourth-order valence-electron chi connectivity index (χ4n) is 11.3. The van der Waals surface area contributed by atoms with E-state index < -0.39 is 12.1 Å². The summed E-state index contributed by atoms with van der Waals surface area (Å²) in [5.74, 6) is -0.0509. The topological polar surface area (TPSA) is 95.9 Å². The Morgan fingerprint density at radius 1 is 0.346 bits per heavy atom. The number of carbonyl (C=O) groups is 2. The predicted octanol–water partition coefficient (Wildman–Crippen LogP) is 22.9. The van der Waals surface area contributed by atoms with Crippen LogP contribution in [0.15, 0.2) is 24.3 Å². The molecule has 78 heavy (non-hydrogen) atoms. The van der Waals surface area contributed by atoms with Gasteiger partial charge in [0.15, 0.2) is 0 Å². The van der Waals surface area contributed by atoms with Crippen LogP contribution in [0.3, 0.4) is 0 Å². The van der Waals surface area contributed by atoms with E-state index in [9.17, 15) is 19.8 Å². The van der Waals surface area contributed by atoms with E-state index >= 15 is 0 Å². The van der Waals surface area contributed by atoms with Gasteiger partial charge in [0.1, 0.15) is 0 Å². The summed E-state index contributed by atoms with van der Waals surface area (Å²) in [5, 5.41) is 23.2. The first-order valence-electron chi connectivity index (χ1n) is 35.6. The summed E-state index contributed by atoms with van der Waals surface area (Å²) in [6.07, 6.45) is 85.5. The number of hydrogen-bond donors (Lipinski definition) is 3. The van der Waals surface area contributed by atoms with E-state index in [1.807, 2.05) is 6.08 Å². The molecule has 0 aliphatic heterocycles. The number of ether oxygens (including phenoxy) is 1. The van der Waals surface area contributed by atoms with Gasteiger partial charge in [-0.1, -0.05) is 359 Å². The van der Waals surface area contributed by atoms with Gasteiger partial charge in [-0.25, -0.2) is 0 Å². The van der Waals surface area contributed by atoms with Crippen molar-refractivity contribution in [3.05, 3.63) is 24.3 Å². The normalized spacial score (nSPS) is 12.6. The molecule has 6 nitrogen and oxygen atoms in total. The van der Waals surface area contributed by atoms with Gasteiger partial charge < -0.3 is 20.3 Å². The molecule has 1 amide bonds. The molecule has 0 saturated heterocycles. The molecule has 462 valence electrons. The number of unbranched alkanes of at least 4 members (excludes halogenated alkanes) is 54. The van der Waals surface area contributed by atoms with E-state index in [2.05, 4.69) is 31.3 Å². The molecular formula is C72H139NO5. The van der Waals surface area contributed by atoms with Crippen molar-refractivity contribution in [1.29, 1.82) is 0 Å². The minimum atomic E-state index is -0.842. The molecule has 0 fully saturated rings. The van der Waals surface area contributed by atoms with Crippen molar-refractivity contribution in [2.45, 2.75) is 411 Å². The third-order valence-corrected chi connectivity index (χ3v) is 16.7.